The number of benzene rings is 2. The Kier molecular flexibility index (Phi) is 6.22. The molecule has 2 aromatic carbocycles. The molecule has 3 aromatic rings. The van der Waals surface area contributed by atoms with Gasteiger partial charge < -0.3 is 10.1 Å². The van der Waals surface area contributed by atoms with E-state index in [4.69, 9.17) is 4.74 Å². The van der Waals surface area contributed by atoms with Crippen molar-refractivity contribution in [3.63, 3.8) is 0 Å². The molecule has 3 rings (SSSR count). The maximum atomic E-state index is 12.8. The highest BCUT2D eigenvalue weighted by Gasteiger charge is 2.24. The van der Waals surface area contributed by atoms with Gasteiger partial charge in [-0.3, -0.25) is 4.79 Å². The number of ether oxygens (including phenoxy) is 1. The maximum Gasteiger partial charge on any atom is 0.342 e. The van der Waals surface area contributed by atoms with E-state index in [2.05, 4.69) is 10.4 Å². The molecule has 1 aromatic heterocycles. The first kappa shape index (κ1) is 19.4. The van der Waals surface area contributed by atoms with Crippen LogP contribution in [-0.2, 0) is 9.53 Å². The molecule has 0 radical (unpaired) electrons. The third kappa shape index (κ3) is 4.46. The molecular formula is C22H23N3O3. The first-order valence-corrected chi connectivity index (χ1v) is 9.29. The van der Waals surface area contributed by atoms with E-state index in [-0.39, 0.29) is 5.91 Å². The third-order valence-electron chi connectivity index (χ3n) is 4.20. The summed E-state index contributed by atoms with van der Waals surface area (Å²) < 4.78 is 7.04. The predicted octanol–water partition coefficient (Wildman–Crippen LogP) is 3.61. The molecule has 0 aliphatic rings. The van der Waals surface area contributed by atoms with Crippen LogP contribution in [0, 0.1) is 0 Å². The Hall–Kier alpha value is -3.41. The third-order valence-corrected chi connectivity index (χ3v) is 4.20. The molecule has 0 spiro atoms. The van der Waals surface area contributed by atoms with Crippen molar-refractivity contribution in [2.75, 3.05) is 6.54 Å². The minimum absolute atomic E-state index is 0.310. The zero-order valence-electron chi connectivity index (χ0n) is 16.0. The van der Waals surface area contributed by atoms with Crippen molar-refractivity contribution in [2.45, 2.75) is 26.4 Å². The van der Waals surface area contributed by atoms with Gasteiger partial charge in [0.15, 0.2) is 6.10 Å². The molecule has 6 heteroatoms. The average molecular weight is 377 g/mol. The van der Waals surface area contributed by atoms with Crippen molar-refractivity contribution in [1.82, 2.24) is 15.1 Å². The van der Waals surface area contributed by atoms with Crippen LogP contribution in [-0.4, -0.2) is 34.3 Å². The molecule has 0 saturated carbocycles. The van der Waals surface area contributed by atoms with E-state index >= 15 is 0 Å². The van der Waals surface area contributed by atoms with Gasteiger partial charge in [0.25, 0.3) is 5.91 Å². The number of esters is 1. The summed E-state index contributed by atoms with van der Waals surface area (Å²) in [7, 11) is 0. The van der Waals surface area contributed by atoms with Gasteiger partial charge >= 0.3 is 5.97 Å². The van der Waals surface area contributed by atoms with Crippen LogP contribution >= 0.6 is 0 Å². The summed E-state index contributed by atoms with van der Waals surface area (Å²) in [5.41, 5.74) is 2.44. The fourth-order valence-corrected chi connectivity index (χ4v) is 2.72. The van der Waals surface area contributed by atoms with Gasteiger partial charge in [0.05, 0.1) is 5.69 Å². The largest absolute Gasteiger partial charge is 0.449 e. The van der Waals surface area contributed by atoms with Crippen LogP contribution in [0.3, 0.4) is 0 Å². The van der Waals surface area contributed by atoms with Gasteiger partial charge in [-0.1, -0.05) is 55.5 Å². The number of nitrogens with one attached hydrogen (secondary N) is 1. The van der Waals surface area contributed by atoms with Gasteiger partial charge in [0, 0.05) is 18.3 Å². The monoisotopic (exact) mass is 377 g/mol. The van der Waals surface area contributed by atoms with Gasteiger partial charge in [0.1, 0.15) is 11.3 Å². The summed E-state index contributed by atoms with van der Waals surface area (Å²) in [6.45, 7) is 4.07. The van der Waals surface area contributed by atoms with Crippen molar-refractivity contribution in [3.05, 3.63) is 72.4 Å². The molecule has 0 aliphatic heterocycles. The molecule has 1 N–H and O–H groups in total. The van der Waals surface area contributed by atoms with Crippen molar-refractivity contribution >= 4 is 11.9 Å². The van der Waals surface area contributed by atoms with E-state index in [0.717, 1.165) is 17.7 Å². The second kappa shape index (κ2) is 8.99. The van der Waals surface area contributed by atoms with Gasteiger partial charge in [-0.15, -0.1) is 0 Å². The number of para-hydroxylation sites is 1. The van der Waals surface area contributed by atoms with Gasteiger partial charge in [-0.2, -0.15) is 5.10 Å². The Morgan fingerprint density at radius 1 is 1.07 bits per heavy atom. The Labute approximate surface area is 164 Å². The Morgan fingerprint density at radius 3 is 2.36 bits per heavy atom. The van der Waals surface area contributed by atoms with E-state index in [1.165, 1.54) is 0 Å². The highest BCUT2D eigenvalue weighted by molar-refractivity contribution is 5.97. The minimum atomic E-state index is -0.886. The SMILES string of the molecule is CCCNC(=O)C(C)OC(=O)c1cn(-c2ccccc2)nc1-c1ccccc1. The summed E-state index contributed by atoms with van der Waals surface area (Å²) in [6, 6.07) is 18.9. The quantitative estimate of drug-likeness (QED) is 0.639. The molecule has 28 heavy (non-hydrogen) atoms. The highest BCUT2D eigenvalue weighted by Crippen LogP contribution is 2.24. The lowest BCUT2D eigenvalue weighted by Gasteiger charge is -2.13. The highest BCUT2D eigenvalue weighted by atomic mass is 16.5. The molecule has 0 bridgehead atoms. The van der Waals surface area contributed by atoms with Gasteiger partial charge in [0.2, 0.25) is 0 Å². The lowest BCUT2D eigenvalue weighted by molar-refractivity contribution is -0.129. The molecule has 1 heterocycles. The van der Waals surface area contributed by atoms with Crippen LogP contribution < -0.4 is 5.32 Å². The molecule has 1 unspecified atom stereocenters. The molecule has 0 fully saturated rings. The normalized spacial score (nSPS) is 11.6. The van der Waals surface area contributed by atoms with Crippen LogP contribution in [0.1, 0.15) is 30.6 Å². The Bertz CT molecular complexity index is 936. The zero-order chi connectivity index (χ0) is 19.9. The first-order valence-electron chi connectivity index (χ1n) is 9.29. The minimum Gasteiger partial charge on any atom is -0.449 e. The number of hydrogen-bond donors (Lipinski definition) is 1. The van der Waals surface area contributed by atoms with Crippen molar-refractivity contribution in [1.29, 1.82) is 0 Å². The number of carbonyl (C=O) groups is 2. The molecule has 6 nitrogen and oxygen atoms in total. The van der Waals surface area contributed by atoms with E-state index in [9.17, 15) is 9.59 Å². The fraction of sp³-hybridized carbons (Fsp3) is 0.227. The first-order chi connectivity index (χ1) is 13.6. The zero-order valence-corrected chi connectivity index (χ0v) is 16.0. The molecular weight excluding hydrogens is 354 g/mol. The number of amides is 1. The van der Waals surface area contributed by atoms with Crippen LogP contribution in [0.2, 0.25) is 0 Å². The Morgan fingerprint density at radius 2 is 1.71 bits per heavy atom. The molecule has 1 amide bonds. The summed E-state index contributed by atoms with van der Waals surface area (Å²) in [6.07, 6.45) is 1.56. The topological polar surface area (TPSA) is 73.2 Å². The van der Waals surface area contributed by atoms with Crippen LogP contribution in [0.4, 0.5) is 0 Å². The van der Waals surface area contributed by atoms with E-state index < -0.39 is 12.1 Å². The number of nitrogens with zero attached hydrogens (tertiary/aromatic N) is 2. The van der Waals surface area contributed by atoms with Crippen LogP contribution in [0.15, 0.2) is 66.9 Å². The average Bonchev–Trinajstić information content (AvgIpc) is 3.19. The summed E-state index contributed by atoms with van der Waals surface area (Å²) in [4.78, 5) is 24.9. The lowest BCUT2D eigenvalue weighted by Crippen LogP contribution is -2.36. The van der Waals surface area contributed by atoms with Crippen LogP contribution in [0.25, 0.3) is 16.9 Å². The van der Waals surface area contributed by atoms with Crippen LogP contribution in [0.5, 0.6) is 0 Å². The maximum absolute atomic E-state index is 12.8. The lowest BCUT2D eigenvalue weighted by atomic mass is 10.1. The summed E-state index contributed by atoms with van der Waals surface area (Å²) >= 11 is 0. The second-order valence-corrected chi connectivity index (χ2v) is 6.38. The smallest absolute Gasteiger partial charge is 0.342 e. The van der Waals surface area contributed by atoms with E-state index in [1.807, 2.05) is 67.6 Å². The molecule has 0 saturated heterocycles. The fourth-order valence-electron chi connectivity index (χ4n) is 2.72. The van der Waals surface area contributed by atoms with Gasteiger partial charge in [-0.25, -0.2) is 9.48 Å². The molecule has 0 aliphatic carbocycles. The van der Waals surface area contributed by atoms with E-state index in [1.54, 1.807) is 17.8 Å². The standard InChI is InChI=1S/C22H23N3O3/c1-3-14-23-21(26)16(2)28-22(27)19-15-25(18-12-8-5-9-13-18)24-20(19)17-10-6-4-7-11-17/h4-13,15-16H,3,14H2,1-2H3,(H,23,26). The van der Waals surface area contributed by atoms with Crippen molar-refractivity contribution in [3.8, 4) is 16.9 Å². The number of aromatic nitrogens is 2. The number of hydrogen-bond acceptors (Lipinski definition) is 4. The van der Waals surface area contributed by atoms with E-state index in [0.29, 0.717) is 17.8 Å². The molecule has 144 valence electrons. The summed E-state index contributed by atoms with van der Waals surface area (Å²) in [5, 5.41) is 7.32. The summed E-state index contributed by atoms with van der Waals surface area (Å²) in [5.74, 6) is -0.896. The van der Waals surface area contributed by atoms with Crippen molar-refractivity contribution in [2.24, 2.45) is 0 Å². The number of rotatable bonds is 7. The Balaban J connectivity index is 1.91. The van der Waals surface area contributed by atoms with Crippen molar-refractivity contribution < 1.29 is 14.3 Å². The molecule has 1 atom stereocenters. The van der Waals surface area contributed by atoms with Gasteiger partial charge in [-0.05, 0) is 25.5 Å². The second-order valence-electron chi connectivity index (χ2n) is 6.38. The predicted molar refractivity (Wildman–Crippen MR) is 107 cm³/mol. The number of carbonyl (C=O) groups excluding carboxylic acids is 2.